The van der Waals surface area contributed by atoms with Gasteiger partial charge in [-0.15, -0.1) is 0 Å². The van der Waals surface area contributed by atoms with E-state index in [0.29, 0.717) is 11.5 Å². The highest BCUT2D eigenvalue weighted by atomic mass is 16.1. The molecule has 3 heterocycles. The number of rotatable bonds is 5. The number of nitrogens with zero attached hydrogens (tertiary/aromatic N) is 4. The smallest absolute Gasteiger partial charge is 0.251 e. The van der Waals surface area contributed by atoms with Gasteiger partial charge in [0.15, 0.2) is 5.82 Å². The highest BCUT2D eigenvalue weighted by Crippen LogP contribution is 2.31. The molecule has 0 spiro atoms. The Kier molecular flexibility index (Phi) is 5.71. The van der Waals surface area contributed by atoms with Gasteiger partial charge < -0.3 is 9.88 Å². The van der Waals surface area contributed by atoms with Crippen molar-refractivity contribution < 1.29 is 0 Å². The van der Waals surface area contributed by atoms with Gasteiger partial charge in [0, 0.05) is 38.6 Å². The fraction of sp³-hybridized carbons (Fsp3) is 0.348. The summed E-state index contributed by atoms with van der Waals surface area (Å²) in [5, 5.41) is 0. The minimum atomic E-state index is -0.128. The van der Waals surface area contributed by atoms with Crippen molar-refractivity contribution in [3.8, 4) is 11.5 Å². The number of H-pyrrole nitrogens is 1. The van der Waals surface area contributed by atoms with Gasteiger partial charge >= 0.3 is 0 Å². The van der Waals surface area contributed by atoms with Crippen molar-refractivity contribution in [1.29, 1.82) is 0 Å². The number of likely N-dealkylation sites (tertiary alicyclic amines) is 1. The van der Waals surface area contributed by atoms with E-state index in [0.717, 1.165) is 31.6 Å². The van der Waals surface area contributed by atoms with E-state index in [4.69, 9.17) is 4.98 Å². The van der Waals surface area contributed by atoms with E-state index in [2.05, 4.69) is 44.0 Å². The topological polar surface area (TPSA) is 65.1 Å². The van der Waals surface area contributed by atoms with Gasteiger partial charge in [-0.1, -0.05) is 24.6 Å². The molecule has 1 atom stereocenters. The van der Waals surface area contributed by atoms with E-state index < -0.39 is 0 Å². The molecule has 6 nitrogen and oxygen atoms in total. The largest absolute Gasteiger partial charge is 0.378 e. The van der Waals surface area contributed by atoms with Crippen LogP contribution in [0.3, 0.4) is 0 Å². The van der Waals surface area contributed by atoms with Crippen molar-refractivity contribution in [1.82, 2.24) is 19.9 Å². The number of aromatic nitrogens is 3. The standard InChI is InChI=1S/C23H27N5O/c1-27(2)18-11-9-17(10-12-18)16-28-14-6-4-8-21(28)20-15-22(29)26-23(25-20)19-7-3-5-13-24-19/h3,5,7,9-13,15,21H,4,6,8,14,16H2,1-2H3,(H,25,26,29). The average Bonchev–Trinajstić information content (AvgIpc) is 2.75. The Morgan fingerprint density at radius 3 is 2.69 bits per heavy atom. The van der Waals surface area contributed by atoms with Gasteiger partial charge in [0.25, 0.3) is 5.56 Å². The van der Waals surface area contributed by atoms with E-state index in [1.165, 1.54) is 17.7 Å². The summed E-state index contributed by atoms with van der Waals surface area (Å²) in [4.78, 5) is 28.9. The third kappa shape index (κ3) is 4.54. The number of benzene rings is 1. The van der Waals surface area contributed by atoms with Gasteiger partial charge in [0.2, 0.25) is 0 Å². The zero-order valence-corrected chi connectivity index (χ0v) is 17.0. The first-order valence-electron chi connectivity index (χ1n) is 10.1. The Morgan fingerprint density at radius 1 is 1.14 bits per heavy atom. The quantitative estimate of drug-likeness (QED) is 0.722. The summed E-state index contributed by atoms with van der Waals surface area (Å²) in [6.07, 6.45) is 5.04. The SMILES string of the molecule is CN(C)c1ccc(CN2CCCCC2c2cc(=O)[nH]c(-c3ccccn3)n2)cc1. The van der Waals surface area contributed by atoms with Gasteiger partial charge in [0.1, 0.15) is 5.69 Å². The molecule has 2 aromatic heterocycles. The second-order valence-corrected chi connectivity index (χ2v) is 7.78. The molecular weight excluding hydrogens is 362 g/mol. The second kappa shape index (κ2) is 8.57. The Balaban J connectivity index is 1.60. The molecule has 4 rings (SSSR count). The van der Waals surface area contributed by atoms with Crippen molar-refractivity contribution in [3.63, 3.8) is 0 Å². The van der Waals surface area contributed by atoms with E-state index in [-0.39, 0.29) is 11.6 Å². The van der Waals surface area contributed by atoms with E-state index in [1.54, 1.807) is 12.3 Å². The first kappa shape index (κ1) is 19.3. The number of aromatic amines is 1. The third-order valence-corrected chi connectivity index (χ3v) is 5.46. The number of pyridine rings is 1. The number of anilines is 1. The first-order valence-corrected chi connectivity index (χ1v) is 10.1. The summed E-state index contributed by atoms with van der Waals surface area (Å²) >= 11 is 0. The van der Waals surface area contributed by atoms with Crippen LogP contribution in [0.1, 0.15) is 36.6 Å². The fourth-order valence-electron chi connectivity index (χ4n) is 3.92. The molecule has 1 fully saturated rings. The predicted octanol–water partition coefficient (Wildman–Crippen LogP) is 3.63. The van der Waals surface area contributed by atoms with Crippen LogP contribution in [-0.2, 0) is 6.54 Å². The number of hydrogen-bond acceptors (Lipinski definition) is 5. The van der Waals surface area contributed by atoms with E-state index in [1.807, 2.05) is 32.3 Å². The first-order chi connectivity index (χ1) is 14.1. The molecule has 0 amide bonds. The van der Waals surface area contributed by atoms with Gasteiger partial charge in [-0.05, 0) is 49.2 Å². The van der Waals surface area contributed by atoms with Crippen molar-refractivity contribution in [2.75, 3.05) is 25.5 Å². The normalized spacial score (nSPS) is 17.2. The molecule has 1 unspecified atom stereocenters. The van der Waals surface area contributed by atoms with E-state index >= 15 is 0 Å². The molecule has 6 heteroatoms. The summed E-state index contributed by atoms with van der Waals surface area (Å²) in [6, 6.07) is 16.1. The molecule has 1 aliphatic heterocycles. The lowest BCUT2D eigenvalue weighted by Crippen LogP contribution is -2.34. The van der Waals surface area contributed by atoms with Crippen LogP contribution in [0.4, 0.5) is 5.69 Å². The lowest BCUT2D eigenvalue weighted by Gasteiger charge is -2.35. The highest BCUT2D eigenvalue weighted by molar-refractivity contribution is 5.48. The molecule has 29 heavy (non-hydrogen) atoms. The monoisotopic (exact) mass is 389 g/mol. The molecule has 0 saturated carbocycles. The maximum atomic E-state index is 12.3. The van der Waals surface area contributed by atoms with Crippen LogP contribution in [0.25, 0.3) is 11.5 Å². The molecular formula is C23H27N5O. The molecule has 1 N–H and O–H groups in total. The molecule has 150 valence electrons. The molecule has 0 radical (unpaired) electrons. The lowest BCUT2D eigenvalue weighted by molar-refractivity contribution is 0.137. The van der Waals surface area contributed by atoms with Crippen LogP contribution >= 0.6 is 0 Å². The minimum Gasteiger partial charge on any atom is -0.378 e. The number of piperidine rings is 1. The van der Waals surface area contributed by atoms with Crippen LogP contribution in [0.15, 0.2) is 59.5 Å². The maximum Gasteiger partial charge on any atom is 0.251 e. The van der Waals surface area contributed by atoms with Crippen LogP contribution in [0, 0.1) is 0 Å². The fourth-order valence-corrected chi connectivity index (χ4v) is 3.92. The predicted molar refractivity (Wildman–Crippen MR) is 116 cm³/mol. The van der Waals surface area contributed by atoms with Crippen LogP contribution in [-0.4, -0.2) is 40.5 Å². The molecule has 0 aliphatic carbocycles. The van der Waals surface area contributed by atoms with Crippen LogP contribution in [0.5, 0.6) is 0 Å². The summed E-state index contributed by atoms with van der Waals surface area (Å²) < 4.78 is 0. The van der Waals surface area contributed by atoms with E-state index in [9.17, 15) is 4.79 Å². The third-order valence-electron chi connectivity index (χ3n) is 5.46. The maximum absolute atomic E-state index is 12.3. The molecule has 0 bridgehead atoms. The van der Waals surface area contributed by atoms with Crippen molar-refractivity contribution in [3.05, 3.63) is 76.3 Å². The minimum absolute atomic E-state index is 0.128. The van der Waals surface area contributed by atoms with Crippen molar-refractivity contribution in [2.24, 2.45) is 0 Å². The highest BCUT2D eigenvalue weighted by Gasteiger charge is 2.26. The van der Waals surface area contributed by atoms with Gasteiger partial charge in [-0.25, -0.2) is 4.98 Å². The Labute approximate surface area is 171 Å². The summed E-state index contributed by atoms with van der Waals surface area (Å²) in [5.74, 6) is 0.536. The second-order valence-electron chi connectivity index (χ2n) is 7.78. The zero-order chi connectivity index (χ0) is 20.2. The van der Waals surface area contributed by atoms with Gasteiger partial charge in [-0.2, -0.15) is 0 Å². The lowest BCUT2D eigenvalue weighted by atomic mass is 9.98. The zero-order valence-electron chi connectivity index (χ0n) is 17.0. The van der Waals surface area contributed by atoms with Gasteiger partial charge in [-0.3, -0.25) is 14.7 Å². The Hall–Kier alpha value is -2.99. The Morgan fingerprint density at radius 2 is 1.97 bits per heavy atom. The average molecular weight is 390 g/mol. The summed E-state index contributed by atoms with van der Waals surface area (Å²) in [6.45, 7) is 1.86. The number of hydrogen-bond donors (Lipinski definition) is 1. The Bertz CT molecular complexity index is 998. The van der Waals surface area contributed by atoms with Crippen molar-refractivity contribution >= 4 is 5.69 Å². The molecule has 1 aromatic carbocycles. The van der Waals surface area contributed by atoms with Gasteiger partial charge in [0.05, 0.1) is 11.7 Å². The van der Waals surface area contributed by atoms with Crippen molar-refractivity contribution in [2.45, 2.75) is 31.8 Å². The molecule has 3 aromatic rings. The number of nitrogens with one attached hydrogen (secondary N) is 1. The summed E-state index contributed by atoms with van der Waals surface area (Å²) in [7, 11) is 4.10. The van der Waals surface area contributed by atoms with Crippen LogP contribution < -0.4 is 10.5 Å². The summed E-state index contributed by atoms with van der Waals surface area (Å²) in [5.41, 5.74) is 3.86. The molecule has 1 saturated heterocycles. The molecule has 1 aliphatic rings. The van der Waals surface area contributed by atoms with Crippen LogP contribution in [0.2, 0.25) is 0 Å².